The molecular weight excluding hydrogens is 380 g/mol. The molecule has 1 aromatic carbocycles. The standard InChI is InChI=1S/C18H19F2N5O2.C2H6/c19-14(20)16(27)25-24-15(26)13-10-21-17(22-11-13)23-18(7-4-8-18)9-12-5-2-1-3-6-12;1-2/h1-3,5-6,10-11,14H,4,7-9H2,(H,24,26)(H,25,27)(H,21,22,23);1-2H3. The molecule has 0 aliphatic heterocycles. The molecule has 1 aromatic heterocycles. The third-order valence-electron chi connectivity index (χ3n) is 4.48. The number of hydrazine groups is 1. The average Bonchev–Trinajstić information content (AvgIpc) is 2.72. The quantitative estimate of drug-likeness (QED) is 0.642. The molecule has 0 spiro atoms. The molecule has 3 rings (SSSR count). The molecule has 1 aliphatic rings. The fraction of sp³-hybridized carbons (Fsp3) is 0.400. The van der Waals surface area contributed by atoms with Crippen LogP contribution in [0.5, 0.6) is 0 Å². The molecule has 0 radical (unpaired) electrons. The van der Waals surface area contributed by atoms with Crippen molar-refractivity contribution >= 4 is 17.8 Å². The maximum atomic E-state index is 12.1. The molecule has 1 aliphatic carbocycles. The molecule has 0 saturated heterocycles. The average molecular weight is 405 g/mol. The molecule has 156 valence electrons. The Bertz CT molecular complexity index is 796. The van der Waals surface area contributed by atoms with Gasteiger partial charge in [-0.05, 0) is 31.2 Å². The molecule has 3 N–H and O–H groups in total. The fourth-order valence-corrected chi connectivity index (χ4v) is 2.93. The number of aromatic nitrogens is 2. The molecule has 29 heavy (non-hydrogen) atoms. The van der Waals surface area contributed by atoms with E-state index < -0.39 is 18.2 Å². The Hall–Kier alpha value is -3.10. The van der Waals surface area contributed by atoms with Gasteiger partial charge < -0.3 is 5.32 Å². The van der Waals surface area contributed by atoms with Crippen LogP contribution in [0, 0.1) is 0 Å². The van der Waals surface area contributed by atoms with Crippen LogP contribution in [0.1, 0.15) is 49.0 Å². The lowest BCUT2D eigenvalue weighted by Gasteiger charge is -2.43. The number of carbonyl (C=O) groups is 2. The van der Waals surface area contributed by atoms with Crippen molar-refractivity contribution in [2.75, 3.05) is 5.32 Å². The van der Waals surface area contributed by atoms with E-state index in [0.29, 0.717) is 5.95 Å². The van der Waals surface area contributed by atoms with E-state index in [1.165, 1.54) is 18.0 Å². The third-order valence-corrected chi connectivity index (χ3v) is 4.48. The summed E-state index contributed by atoms with van der Waals surface area (Å²) in [5.41, 5.74) is 4.65. The lowest BCUT2D eigenvalue weighted by Crippen LogP contribution is -2.47. The maximum Gasteiger partial charge on any atom is 0.317 e. The molecular formula is C20H25F2N5O2. The molecule has 1 saturated carbocycles. The number of nitrogens with one attached hydrogen (secondary N) is 3. The van der Waals surface area contributed by atoms with Crippen molar-refractivity contribution in [3.8, 4) is 0 Å². The highest BCUT2D eigenvalue weighted by Crippen LogP contribution is 2.37. The van der Waals surface area contributed by atoms with Gasteiger partial charge in [0.1, 0.15) is 0 Å². The van der Waals surface area contributed by atoms with Crippen molar-refractivity contribution in [2.24, 2.45) is 0 Å². The summed E-state index contributed by atoms with van der Waals surface area (Å²) >= 11 is 0. The van der Waals surface area contributed by atoms with Gasteiger partial charge in [0, 0.05) is 17.9 Å². The number of carbonyl (C=O) groups excluding carboxylic acids is 2. The lowest BCUT2D eigenvalue weighted by molar-refractivity contribution is -0.132. The molecule has 1 heterocycles. The summed E-state index contributed by atoms with van der Waals surface area (Å²) in [5, 5.41) is 3.35. The zero-order valence-electron chi connectivity index (χ0n) is 16.4. The highest BCUT2D eigenvalue weighted by Gasteiger charge is 2.37. The first kappa shape index (κ1) is 22.2. The SMILES string of the molecule is CC.O=C(NNC(=O)C(F)F)c1cnc(NC2(Cc3ccccc3)CCC2)nc1. The lowest BCUT2D eigenvalue weighted by atomic mass is 9.73. The van der Waals surface area contributed by atoms with Gasteiger partial charge in [0.25, 0.3) is 5.91 Å². The number of nitrogens with zero attached hydrogens (tertiary/aromatic N) is 2. The first-order valence-electron chi connectivity index (χ1n) is 9.50. The van der Waals surface area contributed by atoms with Crippen molar-refractivity contribution in [1.29, 1.82) is 0 Å². The minimum Gasteiger partial charge on any atom is -0.348 e. The second-order valence-electron chi connectivity index (χ2n) is 6.46. The van der Waals surface area contributed by atoms with Gasteiger partial charge in [-0.1, -0.05) is 44.2 Å². The first-order valence-corrected chi connectivity index (χ1v) is 9.50. The van der Waals surface area contributed by atoms with Gasteiger partial charge in [0.2, 0.25) is 5.95 Å². The molecule has 9 heteroatoms. The number of alkyl halides is 2. The van der Waals surface area contributed by atoms with Gasteiger partial charge in [0.15, 0.2) is 0 Å². The third kappa shape index (κ3) is 6.20. The Morgan fingerprint density at radius 1 is 1.07 bits per heavy atom. The van der Waals surface area contributed by atoms with E-state index in [9.17, 15) is 18.4 Å². The van der Waals surface area contributed by atoms with Gasteiger partial charge >= 0.3 is 12.3 Å². The molecule has 2 aromatic rings. The summed E-state index contributed by atoms with van der Waals surface area (Å²) < 4.78 is 24.2. The first-order chi connectivity index (χ1) is 14.0. The van der Waals surface area contributed by atoms with Gasteiger partial charge in [0.05, 0.1) is 5.56 Å². The Kier molecular flexibility index (Phi) is 7.99. The monoisotopic (exact) mass is 405 g/mol. The highest BCUT2D eigenvalue weighted by molar-refractivity contribution is 5.95. The van der Waals surface area contributed by atoms with E-state index in [1.54, 1.807) is 5.43 Å². The second-order valence-corrected chi connectivity index (χ2v) is 6.46. The summed E-state index contributed by atoms with van der Waals surface area (Å²) in [5.74, 6) is -1.98. The molecule has 1 fully saturated rings. The topological polar surface area (TPSA) is 96.0 Å². The summed E-state index contributed by atoms with van der Waals surface area (Å²) in [6, 6.07) is 10.1. The van der Waals surface area contributed by atoms with Crippen LogP contribution in [0.2, 0.25) is 0 Å². The van der Waals surface area contributed by atoms with Crippen LogP contribution in [0.25, 0.3) is 0 Å². The summed E-state index contributed by atoms with van der Waals surface area (Å²) in [4.78, 5) is 30.8. The smallest absolute Gasteiger partial charge is 0.317 e. The number of hydrogen-bond acceptors (Lipinski definition) is 5. The zero-order chi connectivity index (χ0) is 21.3. The van der Waals surface area contributed by atoms with Gasteiger partial charge in [-0.25, -0.2) is 9.97 Å². The predicted molar refractivity (Wildman–Crippen MR) is 105 cm³/mol. The number of benzene rings is 1. The van der Waals surface area contributed by atoms with Gasteiger partial charge in [-0.15, -0.1) is 0 Å². The largest absolute Gasteiger partial charge is 0.348 e. The second kappa shape index (κ2) is 10.4. The summed E-state index contributed by atoms with van der Waals surface area (Å²) in [6.45, 7) is 4.00. The fourth-order valence-electron chi connectivity index (χ4n) is 2.93. The van der Waals surface area contributed by atoms with Gasteiger partial charge in [-0.2, -0.15) is 8.78 Å². The predicted octanol–water partition coefficient (Wildman–Crippen LogP) is 3.11. The Balaban J connectivity index is 0.00000145. The number of amides is 2. The molecule has 2 amide bonds. The van der Waals surface area contributed by atoms with E-state index in [2.05, 4.69) is 27.4 Å². The van der Waals surface area contributed by atoms with E-state index >= 15 is 0 Å². The van der Waals surface area contributed by atoms with Crippen LogP contribution < -0.4 is 16.2 Å². The van der Waals surface area contributed by atoms with E-state index in [4.69, 9.17) is 0 Å². The minimum absolute atomic E-state index is 0.0424. The van der Waals surface area contributed by atoms with Crippen LogP contribution in [-0.4, -0.2) is 33.7 Å². The van der Waals surface area contributed by atoms with Gasteiger partial charge in [-0.3, -0.25) is 20.4 Å². The van der Waals surface area contributed by atoms with Crippen molar-refractivity contribution in [3.05, 3.63) is 53.9 Å². The normalized spacial score (nSPS) is 14.1. The summed E-state index contributed by atoms with van der Waals surface area (Å²) in [7, 11) is 0. The Morgan fingerprint density at radius 3 is 2.21 bits per heavy atom. The summed E-state index contributed by atoms with van der Waals surface area (Å²) in [6.07, 6.45) is 3.28. The van der Waals surface area contributed by atoms with Crippen molar-refractivity contribution < 1.29 is 18.4 Å². The van der Waals surface area contributed by atoms with Crippen molar-refractivity contribution in [1.82, 2.24) is 20.8 Å². The van der Waals surface area contributed by atoms with Crippen LogP contribution in [0.15, 0.2) is 42.7 Å². The minimum atomic E-state index is -3.21. The van der Waals surface area contributed by atoms with E-state index in [1.807, 2.05) is 37.5 Å². The zero-order valence-corrected chi connectivity index (χ0v) is 16.4. The molecule has 7 nitrogen and oxygen atoms in total. The van der Waals surface area contributed by atoms with E-state index in [-0.39, 0.29) is 11.1 Å². The molecule has 0 atom stereocenters. The van der Waals surface area contributed by atoms with Crippen molar-refractivity contribution in [2.45, 2.75) is 51.5 Å². The number of anilines is 1. The van der Waals surface area contributed by atoms with Crippen LogP contribution in [0.3, 0.4) is 0 Å². The molecule has 0 bridgehead atoms. The number of hydrogen-bond donors (Lipinski definition) is 3. The number of halogens is 2. The maximum absolute atomic E-state index is 12.1. The van der Waals surface area contributed by atoms with Crippen LogP contribution >= 0.6 is 0 Å². The number of rotatable bonds is 6. The van der Waals surface area contributed by atoms with Crippen LogP contribution in [0.4, 0.5) is 14.7 Å². The Labute approximate surface area is 168 Å². The van der Waals surface area contributed by atoms with Crippen molar-refractivity contribution in [3.63, 3.8) is 0 Å². The highest BCUT2D eigenvalue weighted by atomic mass is 19.3. The van der Waals surface area contributed by atoms with E-state index in [0.717, 1.165) is 25.7 Å². The van der Waals surface area contributed by atoms with Crippen LogP contribution in [-0.2, 0) is 11.2 Å². The molecule has 0 unspecified atom stereocenters. The Morgan fingerprint density at radius 2 is 1.69 bits per heavy atom.